The number of hydrogen-bond acceptors (Lipinski definition) is 10. The Hall–Kier alpha value is -3.88. The summed E-state index contributed by atoms with van der Waals surface area (Å²) in [5, 5.41) is 17.0. The Morgan fingerprint density at radius 2 is 1.92 bits per heavy atom. The average molecular weight is 522 g/mol. The Labute approximate surface area is 208 Å². The molecule has 4 aliphatic heterocycles. The number of aliphatic imine (C=N–C) groups is 2. The monoisotopic (exact) mass is 522 g/mol. The highest BCUT2D eigenvalue weighted by Gasteiger charge is 2.65. The Bertz CT molecular complexity index is 1230. The maximum absolute atomic E-state index is 13.3. The first-order valence-corrected chi connectivity index (χ1v) is 11.6. The number of carbonyl (C=O) groups is 3. The predicted octanol–water partition coefficient (Wildman–Crippen LogP) is -1.38. The minimum atomic E-state index is -4.64. The molecule has 1 aromatic rings. The molecule has 5 atom stereocenters. The standard InChI is InChI=1S/C22H25F3N8O4/c1-9-10(3-2-4-11(9)22(23,24)25)18(37)28-13-8-33-20(27)29-12(7-32-14(34)5-6-15(32)35)16-21(33,17(13)36)31-19(26)30-16/h2-4,12-13,16-17,36H,5-8H2,1H3,(H2,27,29)(H,28,37)(H3,26,30,31)/t12-,13?,16?,17+,21?/m0/s1. The van der Waals surface area contributed by atoms with Crippen LogP contribution < -0.4 is 22.1 Å². The Balaban J connectivity index is 1.42. The van der Waals surface area contributed by atoms with Crippen LogP contribution in [0.3, 0.4) is 0 Å². The molecule has 2 saturated heterocycles. The lowest BCUT2D eigenvalue weighted by atomic mass is 9.87. The van der Waals surface area contributed by atoms with Crippen molar-refractivity contribution in [1.82, 2.24) is 20.4 Å². The van der Waals surface area contributed by atoms with Gasteiger partial charge in [-0.3, -0.25) is 19.3 Å². The number of hydrogen-bond donors (Lipinski definition) is 5. The molecule has 37 heavy (non-hydrogen) atoms. The van der Waals surface area contributed by atoms with E-state index in [1.54, 1.807) is 0 Å². The van der Waals surface area contributed by atoms with Gasteiger partial charge in [0, 0.05) is 24.9 Å². The molecule has 2 fully saturated rings. The average Bonchev–Trinajstić information content (AvgIpc) is 3.42. The summed E-state index contributed by atoms with van der Waals surface area (Å²) in [5.74, 6) is -1.60. The van der Waals surface area contributed by atoms with Gasteiger partial charge in [-0.1, -0.05) is 6.07 Å². The van der Waals surface area contributed by atoms with Crippen LogP contribution >= 0.6 is 0 Å². The topological polar surface area (TPSA) is 179 Å². The van der Waals surface area contributed by atoms with E-state index < -0.39 is 47.5 Å². The van der Waals surface area contributed by atoms with Crippen molar-refractivity contribution in [2.24, 2.45) is 21.5 Å². The number of aliphatic hydroxyl groups is 1. The van der Waals surface area contributed by atoms with Gasteiger partial charge in [0.1, 0.15) is 12.1 Å². The Kier molecular flexibility index (Phi) is 5.58. The fraction of sp³-hybridized carbons (Fsp3) is 0.500. The van der Waals surface area contributed by atoms with Crippen LogP contribution in [0.15, 0.2) is 28.2 Å². The maximum atomic E-state index is 13.3. The molecule has 0 aliphatic carbocycles. The molecule has 7 N–H and O–H groups in total. The number of guanidine groups is 2. The van der Waals surface area contributed by atoms with Gasteiger partial charge in [0.25, 0.3) is 5.91 Å². The maximum Gasteiger partial charge on any atom is 0.416 e. The predicted molar refractivity (Wildman–Crippen MR) is 123 cm³/mol. The van der Waals surface area contributed by atoms with Crippen molar-refractivity contribution in [3.05, 3.63) is 34.9 Å². The van der Waals surface area contributed by atoms with Crippen LogP contribution in [0.4, 0.5) is 13.2 Å². The van der Waals surface area contributed by atoms with Crippen molar-refractivity contribution in [3.63, 3.8) is 0 Å². The minimum Gasteiger partial charge on any atom is -0.386 e. The summed E-state index contributed by atoms with van der Waals surface area (Å²) in [5.41, 5.74) is 9.35. The van der Waals surface area contributed by atoms with Crippen LogP contribution in [0.2, 0.25) is 0 Å². The molecule has 5 rings (SSSR count). The number of alkyl halides is 3. The molecule has 12 nitrogen and oxygen atoms in total. The molecule has 3 unspecified atom stereocenters. The molecule has 3 amide bonds. The third-order valence-corrected chi connectivity index (χ3v) is 7.38. The first kappa shape index (κ1) is 24.8. The summed E-state index contributed by atoms with van der Waals surface area (Å²) < 4.78 is 40.0. The summed E-state index contributed by atoms with van der Waals surface area (Å²) in [7, 11) is 0. The SMILES string of the molecule is Cc1c(C(=O)NC2CN3C(N)=N[C@@H](CN4C(=O)CCC4=O)C4N=C(N)NC43[C@@H]2O)cccc1C(F)(F)F. The highest BCUT2D eigenvalue weighted by Crippen LogP contribution is 2.40. The van der Waals surface area contributed by atoms with Crippen LogP contribution in [0.5, 0.6) is 0 Å². The number of likely N-dealkylation sites (tertiary alicyclic amines) is 1. The second-order valence-electron chi connectivity index (χ2n) is 9.47. The smallest absolute Gasteiger partial charge is 0.386 e. The molecule has 0 radical (unpaired) electrons. The second-order valence-corrected chi connectivity index (χ2v) is 9.47. The number of nitrogens with one attached hydrogen (secondary N) is 2. The highest BCUT2D eigenvalue weighted by atomic mass is 19.4. The molecule has 15 heteroatoms. The van der Waals surface area contributed by atoms with Crippen molar-refractivity contribution in [3.8, 4) is 0 Å². The lowest BCUT2D eigenvalue weighted by Crippen LogP contribution is -2.73. The van der Waals surface area contributed by atoms with E-state index >= 15 is 0 Å². The van der Waals surface area contributed by atoms with Gasteiger partial charge in [0.2, 0.25) is 11.8 Å². The third-order valence-electron chi connectivity index (χ3n) is 7.38. The summed E-state index contributed by atoms with van der Waals surface area (Å²) in [4.78, 5) is 48.7. The third kappa shape index (κ3) is 3.75. The Morgan fingerprint density at radius 3 is 2.57 bits per heavy atom. The number of benzene rings is 1. The van der Waals surface area contributed by atoms with Gasteiger partial charge in [-0.15, -0.1) is 0 Å². The fourth-order valence-electron chi connectivity index (χ4n) is 5.64. The van der Waals surface area contributed by atoms with Gasteiger partial charge in [-0.2, -0.15) is 13.2 Å². The van der Waals surface area contributed by atoms with E-state index in [-0.39, 0.29) is 60.8 Å². The van der Waals surface area contributed by atoms with E-state index in [1.807, 2.05) is 0 Å². The van der Waals surface area contributed by atoms with E-state index in [0.717, 1.165) is 17.0 Å². The zero-order valence-corrected chi connectivity index (χ0v) is 19.6. The van der Waals surface area contributed by atoms with Crippen molar-refractivity contribution in [1.29, 1.82) is 0 Å². The molecule has 0 aromatic heterocycles. The van der Waals surface area contributed by atoms with Crippen molar-refractivity contribution in [2.45, 2.75) is 55.8 Å². The largest absolute Gasteiger partial charge is 0.416 e. The molecule has 198 valence electrons. The first-order chi connectivity index (χ1) is 17.3. The lowest BCUT2D eigenvalue weighted by molar-refractivity contribution is -0.139. The second kappa shape index (κ2) is 8.33. The lowest BCUT2D eigenvalue weighted by Gasteiger charge is -2.46. The van der Waals surface area contributed by atoms with Gasteiger partial charge in [0.15, 0.2) is 17.6 Å². The highest BCUT2D eigenvalue weighted by molar-refractivity contribution is 6.02. The molecule has 1 aromatic carbocycles. The number of nitrogens with two attached hydrogens (primary N) is 2. The van der Waals surface area contributed by atoms with Crippen molar-refractivity contribution in [2.75, 3.05) is 13.1 Å². The van der Waals surface area contributed by atoms with Gasteiger partial charge in [0.05, 0.1) is 24.2 Å². The van der Waals surface area contributed by atoms with Crippen LogP contribution in [0, 0.1) is 6.92 Å². The van der Waals surface area contributed by atoms with Gasteiger partial charge in [-0.05, 0) is 24.6 Å². The summed E-state index contributed by atoms with van der Waals surface area (Å²) in [6.45, 7) is 1.02. The molecular weight excluding hydrogens is 497 g/mol. The van der Waals surface area contributed by atoms with Gasteiger partial charge < -0.3 is 32.1 Å². The van der Waals surface area contributed by atoms with Crippen LogP contribution in [0.1, 0.15) is 34.3 Å². The van der Waals surface area contributed by atoms with E-state index in [4.69, 9.17) is 11.5 Å². The molecule has 4 aliphatic rings. The van der Waals surface area contributed by atoms with Crippen LogP contribution in [-0.4, -0.2) is 87.5 Å². The number of amides is 3. The Morgan fingerprint density at radius 1 is 1.24 bits per heavy atom. The number of imide groups is 1. The van der Waals surface area contributed by atoms with Gasteiger partial charge in [-0.25, -0.2) is 9.98 Å². The summed E-state index contributed by atoms with van der Waals surface area (Å²) in [6, 6.07) is 0.576. The zero-order chi connectivity index (χ0) is 26.9. The van der Waals surface area contributed by atoms with Crippen LogP contribution in [-0.2, 0) is 15.8 Å². The molecule has 0 saturated carbocycles. The molecule has 0 bridgehead atoms. The fourth-order valence-corrected chi connectivity index (χ4v) is 5.64. The molecule has 4 heterocycles. The number of carbonyl (C=O) groups excluding carboxylic acids is 3. The number of halogens is 3. The minimum absolute atomic E-state index is 0.0382. The van der Waals surface area contributed by atoms with Gasteiger partial charge >= 0.3 is 6.18 Å². The zero-order valence-electron chi connectivity index (χ0n) is 19.6. The normalized spacial score (nSPS) is 31.1. The summed E-state index contributed by atoms with van der Waals surface area (Å²) >= 11 is 0. The van der Waals surface area contributed by atoms with E-state index in [0.29, 0.717) is 0 Å². The molecular formula is C22H25F3N8O4. The van der Waals surface area contributed by atoms with Crippen molar-refractivity contribution < 1.29 is 32.7 Å². The van der Waals surface area contributed by atoms with E-state index in [1.165, 1.54) is 17.9 Å². The number of aliphatic hydroxyl groups excluding tert-OH is 1. The van der Waals surface area contributed by atoms with Crippen molar-refractivity contribution >= 4 is 29.6 Å². The van der Waals surface area contributed by atoms with Crippen LogP contribution in [0.25, 0.3) is 0 Å². The van der Waals surface area contributed by atoms with E-state index in [2.05, 4.69) is 20.6 Å². The van der Waals surface area contributed by atoms with E-state index in [9.17, 15) is 32.7 Å². The summed E-state index contributed by atoms with van der Waals surface area (Å²) in [6.07, 6.45) is -5.86. The quantitative estimate of drug-likeness (QED) is 0.300. The first-order valence-electron chi connectivity index (χ1n) is 11.6. The number of nitrogens with zero attached hydrogens (tertiary/aromatic N) is 4. The molecule has 1 spiro atoms. The number of rotatable bonds is 4.